The van der Waals surface area contributed by atoms with Crippen LogP contribution in [-0.2, 0) is 29.1 Å². The molecule has 1 aromatic heterocycles. The van der Waals surface area contributed by atoms with Gasteiger partial charge in [0.1, 0.15) is 30.8 Å². The van der Waals surface area contributed by atoms with Gasteiger partial charge in [-0.1, -0.05) is 66.7 Å². The maximum absolute atomic E-state index is 15.0. The summed E-state index contributed by atoms with van der Waals surface area (Å²) >= 11 is 0. The number of aromatic nitrogens is 2. The number of ketones is 1. The number of aliphatic hydroxyl groups is 1. The number of aromatic amines is 1. The lowest BCUT2D eigenvalue weighted by molar-refractivity contribution is -0.136. The molecule has 0 radical (unpaired) electrons. The van der Waals surface area contributed by atoms with Crippen LogP contribution < -0.4 is 15.8 Å². The minimum atomic E-state index is -1.14. The zero-order valence-electron chi connectivity index (χ0n) is 30.1. The Morgan fingerprint density at radius 2 is 1.58 bits per heavy atom. The van der Waals surface area contributed by atoms with E-state index in [0.29, 0.717) is 17.0 Å². The fourth-order valence-corrected chi connectivity index (χ4v) is 6.19. The van der Waals surface area contributed by atoms with Crippen LogP contribution in [0.15, 0.2) is 97.2 Å². The molecule has 0 saturated carbocycles. The van der Waals surface area contributed by atoms with Gasteiger partial charge in [-0.2, -0.15) is 0 Å². The summed E-state index contributed by atoms with van der Waals surface area (Å²) in [6, 6.07) is 25.2. The third kappa shape index (κ3) is 9.35. The maximum Gasteiger partial charge on any atom is 0.408 e. The monoisotopic (exact) mass is 717 g/mol. The van der Waals surface area contributed by atoms with Crippen molar-refractivity contribution < 1.29 is 33.8 Å². The van der Waals surface area contributed by atoms with E-state index in [9.17, 15) is 24.3 Å². The van der Waals surface area contributed by atoms with Crippen LogP contribution in [0.4, 0.5) is 4.79 Å². The molecule has 0 unspecified atom stereocenters. The summed E-state index contributed by atoms with van der Waals surface area (Å²) < 4.78 is 10.9. The summed E-state index contributed by atoms with van der Waals surface area (Å²) in [7, 11) is 1.43. The Balaban J connectivity index is 1.55. The van der Waals surface area contributed by atoms with E-state index in [1.165, 1.54) is 7.11 Å². The fourth-order valence-electron chi connectivity index (χ4n) is 6.19. The largest absolute Gasteiger partial charge is 0.496 e. The van der Waals surface area contributed by atoms with Gasteiger partial charge in [0.25, 0.3) is 0 Å². The normalized spacial score (nSPS) is 12.0. The zero-order valence-corrected chi connectivity index (χ0v) is 30.1. The number of methoxy groups -OCH3 is 1. The van der Waals surface area contributed by atoms with Crippen LogP contribution in [0, 0.1) is 13.8 Å². The highest BCUT2D eigenvalue weighted by molar-refractivity contribution is 5.99. The molecule has 0 aliphatic carbocycles. The van der Waals surface area contributed by atoms with Crippen LogP contribution in [0.2, 0.25) is 0 Å². The van der Waals surface area contributed by atoms with Gasteiger partial charge in [0.15, 0.2) is 5.78 Å². The maximum atomic E-state index is 15.0. The van der Waals surface area contributed by atoms with Crippen LogP contribution in [0.3, 0.4) is 0 Å². The highest BCUT2D eigenvalue weighted by Gasteiger charge is 2.33. The van der Waals surface area contributed by atoms with Gasteiger partial charge in [0.2, 0.25) is 11.8 Å². The molecule has 53 heavy (non-hydrogen) atoms. The van der Waals surface area contributed by atoms with Crippen LogP contribution in [-0.4, -0.2) is 63.4 Å². The number of carbonyl (C=O) groups is 4. The first-order chi connectivity index (χ1) is 25.5. The molecule has 2 atom stereocenters. The van der Waals surface area contributed by atoms with Gasteiger partial charge < -0.3 is 35.5 Å². The molecule has 5 aromatic rings. The Morgan fingerprint density at radius 3 is 2.21 bits per heavy atom. The van der Waals surface area contributed by atoms with Crippen molar-refractivity contribution in [3.8, 4) is 17.0 Å². The predicted molar refractivity (Wildman–Crippen MR) is 199 cm³/mol. The number of carbonyl (C=O) groups excluding carboxylic acids is 4. The molecule has 274 valence electrons. The van der Waals surface area contributed by atoms with E-state index in [0.717, 1.165) is 33.5 Å². The molecule has 0 fully saturated rings. The molecule has 4 aromatic carbocycles. The van der Waals surface area contributed by atoms with E-state index in [1.807, 2.05) is 81.4 Å². The number of hydrogen-bond donors (Lipinski definition) is 4. The molecule has 0 saturated heterocycles. The highest BCUT2D eigenvalue weighted by Crippen LogP contribution is 2.28. The molecule has 5 N–H and O–H groups in total. The first-order valence-corrected chi connectivity index (χ1v) is 17.1. The quantitative estimate of drug-likeness (QED) is 0.101. The summed E-state index contributed by atoms with van der Waals surface area (Å²) in [6.45, 7) is 4.70. The number of nitrogens with zero attached hydrogens (tertiary/aromatic N) is 2. The van der Waals surface area contributed by atoms with Gasteiger partial charge in [-0.15, -0.1) is 0 Å². The molecule has 12 nitrogen and oxygen atoms in total. The molecule has 1 heterocycles. The standard InChI is InChI=1S/C41H43N5O7/c1-25-17-31(38(42)49)18-26(2)32(25)20-34(45-41(51)53-24-28-11-7-5-8-12-28)40(50)46(22-29-15-16-37(52-4)33(19-29)36(48)23-47)27(3)39-43-21-35(44-39)30-13-9-6-10-14-30/h5-19,21,27,34,47H,20,22-24H2,1-4H3,(H2,42,49)(H,43,44)(H,45,51)/t27-,34-/m0/s1. The second-order valence-corrected chi connectivity index (χ2v) is 12.7. The molecule has 0 aliphatic rings. The minimum Gasteiger partial charge on any atom is -0.496 e. The topological polar surface area (TPSA) is 177 Å². The van der Waals surface area contributed by atoms with Crippen molar-refractivity contribution in [3.05, 3.63) is 142 Å². The molecule has 5 rings (SSSR count). The van der Waals surface area contributed by atoms with Gasteiger partial charge in [-0.05, 0) is 78.4 Å². The number of nitrogens with one attached hydrogen (secondary N) is 2. The van der Waals surface area contributed by atoms with Crippen molar-refractivity contribution >= 4 is 23.7 Å². The smallest absolute Gasteiger partial charge is 0.408 e. The summed E-state index contributed by atoms with van der Waals surface area (Å²) in [5.41, 5.74) is 11.2. The predicted octanol–water partition coefficient (Wildman–Crippen LogP) is 5.60. The number of alkyl carbamates (subject to hydrolysis) is 1. The average Bonchev–Trinajstić information content (AvgIpc) is 3.67. The molecular weight excluding hydrogens is 674 g/mol. The van der Waals surface area contributed by atoms with Crippen molar-refractivity contribution in [3.63, 3.8) is 0 Å². The average molecular weight is 718 g/mol. The molecule has 0 bridgehead atoms. The lowest BCUT2D eigenvalue weighted by Gasteiger charge is -2.32. The lowest BCUT2D eigenvalue weighted by Crippen LogP contribution is -2.50. The Morgan fingerprint density at radius 1 is 0.925 bits per heavy atom. The van der Waals surface area contributed by atoms with Gasteiger partial charge in [0, 0.05) is 18.5 Å². The van der Waals surface area contributed by atoms with Crippen molar-refractivity contribution in [1.82, 2.24) is 20.2 Å². The summed E-state index contributed by atoms with van der Waals surface area (Å²) in [5.74, 6) is -0.816. The molecule has 12 heteroatoms. The number of amides is 3. The summed E-state index contributed by atoms with van der Waals surface area (Å²) in [4.78, 5) is 62.6. The third-order valence-electron chi connectivity index (χ3n) is 9.08. The second-order valence-electron chi connectivity index (χ2n) is 12.7. The zero-order chi connectivity index (χ0) is 38.1. The highest BCUT2D eigenvalue weighted by atomic mass is 16.5. The number of aryl methyl sites for hydroxylation is 2. The number of imidazole rings is 1. The Labute approximate surface area is 308 Å². The van der Waals surface area contributed by atoms with Crippen molar-refractivity contribution in [2.24, 2.45) is 5.73 Å². The molecular formula is C41H43N5O7. The number of hydrogen-bond acceptors (Lipinski definition) is 8. The van der Waals surface area contributed by atoms with Crippen LogP contribution >= 0.6 is 0 Å². The van der Waals surface area contributed by atoms with E-state index in [1.54, 1.807) is 41.4 Å². The first-order valence-electron chi connectivity index (χ1n) is 17.1. The van der Waals surface area contributed by atoms with E-state index in [-0.39, 0.29) is 30.9 Å². The molecule has 3 amide bonds. The molecule has 0 spiro atoms. The first kappa shape index (κ1) is 38.0. The number of primary amides is 1. The Hall–Kier alpha value is -6.27. The van der Waals surface area contributed by atoms with E-state index in [2.05, 4.69) is 15.3 Å². The SMILES string of the molecule is COc1ccc(CN(C(=O)[C@H](Cc2c(C)cc(C(N)=O)cc2C)NC(=O)OCc2ccccc2)[C@@H](C)c2ncc(-c3ccccc3)[nH]2)cc1C(=O)CO. The van der Waals surface area contributed by atoms with Gasteiger partial charge in [0.05, 0.1) is 30.6 Å². The second kappa shape index (κ2) is 17.3. The Kier molecular flexibility index (Phi) is 12.4. The summed E-state index contributed by atoms with van der Waals surface area (Å²) in [6.07, 6.45) is 0.955. The number of ether oxygens (including phenoxy) is 2. The van der Waals surface area contributed by atoms with Gasteiger partial charge >= 0.3 is 6.09 Å². The number of nitrogens with two attached hydrogens (primary N) is 1. The van der Waals surface area contributed by atoms with E-state index in [4.69, 9.17) is 15.2 Å². The van der Waals surface area contributed by atoms with E-state index >= 15 is 0 Å². The number of Topliss-reactive ketones (excluding diaryl/α,β-unsaturated/α-hetero) is 1. The minimum absolute atomic E-state index is 0.00705. The van der Waals surface area contributed by atoms with Crippen molar-refractivity contribution in [2.45, 2.75) is 52.4 Å². The lowest BCUT2D eigenvalue weighted by atomic mass is 9.93. The fraction of sp³-hybridized carbons (Fsp3) is 0.244. The van der Waals surface area contributed by atoms with E-state index < -0.39 is 42.4 Å². The summed E-state index contributed by atoms with van der Waals surface area (Å²) in [5, 5.41) is 12.5. The number of H-pyrrole nitrogens is 1. The number of aliphatic hydroxyl groups excluding tert-OH is 1. The van der Waals surface area contributed by atoms with Crippen molar-refractivity contribution in [1.29, 1.82) is 0 Å². The van der Waals surface area contributed by atoms with Crippen LogP contribution in [0.5, 0.6) is 5.75 Å². The van der Waals surface area contributed by atoms with Crippen LogP contribution in [0.25, 0.3) is 11.3 Å². The number of benzene rings is 4. The molecule has 0 aliphatic heterocycles. The van der Waals surface area contributed by atoms with Crippen molar-refractivity contribution in [2.75, 3.05) is 13.7 Å². The van der Waals surface area contributed by atoms with Gasteiger partial charge in [-0.25, -0.2) is 9.78 Å². The third-order valence-corrected chi connectivity index (χ3v) is 9.08. The Bertz CT molecular complexity index is 2060. The number of rotatable bonds is 15. The van der Waals surface area contributed by atoms with Gasteiger partial charge in [-0.3, -0.25) is 14.4 Å². The van der Waals surface area contributed by atoms with Crippen LogP contribution in [0.1, 0.15) is 67.3 Å².